The molecule has 6 heteroatoms. The van der Waals surface area contributed by atoms with Crippen molar-refractivity contribution in [1.29, 1.82) is 0 Å². The number of amides is 1. The van der Waals surface area contributed by atoms with Gasteiger partial charge in [0.1, 0.15) is 5.82 Å². The summed E-state index contributed by atoms with van der Waals surface area (Å²) in [5.41, 5.74) is 2.91. The molecule has 0 unspecified atom stereocenters. The Morgan fingerprint density at radius 1 is 0.943 bits per heavy atom. The predicted octanol–water partition coefficient (Wildman–Crippen LogP) is 5.46. The minimum absolute atomic E-state index is 0.175. The van der Waals surface area contributed by atoms with E-state index in [1.165, 1.54) is 0 Å². The first-order valence-electron chi connectivity index (χ1n) is 11.0. The van der Waals surface area contributed by atoms with Crippen LogP contribution in [0.25, 0.3) is 5.57 Å². The van der Waals surface area contributed by atoms with E-state index in [4.69, 9.17) is 5.11 Å². The normalized spacial score (nSPS) is 13.5. The van der Waals surface area contributed by atoms with Crippen molar-refractivity contribution >= 4 is 28.9 Å². The summed E-state index contributed by atoms with van der Waals surface area (Å²) in [6, 6.07) is 17.7. The van der Waals surface area contributed by atoms with Crippen molar-refractivity contribution in [1.82, 2.24) is 0 Å². The SMILES string of the molecule is CC1(C)CC=C(C#Cc2ccccc2)c2ccc(C(=O)C(=O)Nc3ccc(C(=O)O)cc3F)cc21. The highest BCUT2D eigenvalue weighted by Crippen LogP contribution is 2.39. The molecule has 3 aromatic rings. The summed E-state index contributed by atoms with van der Waals surface area (Å²) < 4.78 is 14.2. The van der Waals surface area contributed by atoms with Crippen LogP contribution in [0, 0.1) is 17.7 Å². The molecule has 4 rings (SSSR count). The average molecular weight is 467 g/mol. The number of aromatic carboxylic acids is 1. The van der Waals surface area contributed by atoms with Crippen LogP contribution in [0.5, 0.6) is 0 Å². The number of carbonyl (C=O) groups excluding carboxylic acids is 2. The number of carbonyl (C=O) groups is 3. The van der Waals surface area contributed by atoms with Gasteiger partial charge in [-0.15, -0.1) is 0 Å². The van der Waals surface area contributed by atoms with Crippen LogP contribution in [0.15, 0.2) is 72.8 Å². The lowest BCUT2D eigenvalue weighted by atomic mass is 9.73. The second-order valence-electron chi connectivity index (χ2n) is 8.87. The zero-order valence-electron chi connectivity index (χ0n) is 19.2. The second-order valence-corrected chi connectivity index (χ2v) is 8.87. The van der Waals surface area contributed by atoms with E-state index in [0.717, 1.165) is 40.5 Å². The quantitative estimate of drug-likeness (QED) is 0.303. The van der Waals surface area contributed by atoms with Gasteiger partial charge in [0.25, 0.3) is 11.7 Å². The Morgan fingerprint density at radius 2 is 1.66 bits per heavy atom. The van der Waals surface area contributed by atoms with E-state index in [-0.39, 0.29) is 22.2 Å². The molecule has 1 aliphatic carbocycles. The maximum absolute atomic E-state index is 14.2. The van der Waals surface area contributed by atoms with Crippen molar-refractivity contribution in [2.75, 3.05) is 5.32 Å². The number of nitrogens with one attached hydrogen (secondary N) is 1. The van der Waals surface area contributed by atoms with E-state index in [1.54, 1.807) is 18.2 Å². The molecule has 0 fully saturated rings. The molecule has 0 saturated heterocycles. The van der Waals surface area contributed by atoms with Crippen LogP contribution in [-0.4, -0.2) is 22.8 Å². The second kappa shape index (κ2) is 9.40. The molecule has 0 atom stereocenters. The van der Waals surface area contributed by atoms with Gasteiger partial charge in [0, 0.05) is 16.7 Å². The van der Waals surface area contributed by atoms with Gasteiger partial charge in [-0.2, -0.15) is 0 Å². The zero-order chi connectivity index (χ0) is 25.2. The molecular formula is C29H22FNO4. The summed E-state index contributed by atoms with van der Waals surface area (Å²) in [6.45, 7) is 4.11. The van der Waals surface area contributed by atoms with Gasteiger partial charge in [-0.05, 0) is 59.4 Å². The molecule has 0 aromatic heterocycles. The standard InChI is InChI=1S/C29H22FNO4/c1-29(2)15-14-19(9-8-18-6-4-3-5-7-18)22-12-10-20(16-23(22)29)26(32)27(33)31-25-13-11-21(28(34)35)17-24(25)30/h3-7,10-14,16-17H,15H2,1-2H3,(H,31,33)(H,34,35). The van der Waals surface area contributed by atoms with Gasteiger partial charge in [0.2, 0.25) is 0 Å². The van der Waals surface area contributed by atoms with Gasteiger partial charge in [-0.25, -0.2) is 9.18 Å². The van der Waals surface area contributed by atoms with Gasteiger partial charge in [-0.1, -0.05) is 62.1 Å². The lowest BCUT2D eigenvalue weighted by Crippen LogP contribution is -2.26. The number of carboxylic acids is 1. The number of hydrogen-bond donors (Lipinski definition) is 2. The van der Waals surface area contributed by atoms with Crippen LogP contribution in [0.3, 0.4) is 0 Å². The Morgan fingerprint density at radius 3 is 2.34 bits per heavy atom. The Balaban J connectivity index is 1.60. The van der Waals surface area contributed by atoms with Gasteiger partial charge in [0.15, 0.2) is 0 Å². The first kappa shape index (κ1) is 23.7. The van der Waals surface area contributed by atoms with Gasteiger partial charge in [0.05, 0.1) is 11.3 Å². The van der Waals surface area contributed by atoms with Crippen LogP contribution in [0.4, 0.5) is 10.1 Å². The smallest absolute Gasteiger partial charge is 0.335 e. The van der Waals surface area contributed by atoms with Gasteiger partial charge >= 0.3 is 5.97 Å². The maximum Gasteiger partial charge on any atom is 0.335 e. The van der Waals surface area contributed by atoms with Crippen molar-refractivity contribution < 1.29 is 23.9 Å². The molecule has 0 radical (unpaired) electrons. The number of carboxylic acid groups (broad SMARTS) is 1. The molecule has 3 aromatic carbocycles. The third kappa shape index (κ3) is 5.04. The van der Waals surface area contributed by atoms with E-state index in [2.05, 4.69) is 37.1 Å². The molecule has 0 aliphatic heterocycles. The lowest BCUT2D eigenvalue weighted by molar-refractivity contribution is -0.112. The highest BCUT2D eigenvalue weighted by molar-refractivity contribution is 6.46. The average Bonchev–Trinajstić information content (AvgIpc) is 2.84. The number of hydrogen-bond acceptors (Lipinski definition) is 3. The largest absolute Gasteiger partial charge is 0.478 e. The third-order valence-electron chi connectivity index (χ3n) is 5.90. The number of halogens is 1. The first-order valence-corrected chi connectivity index (χ1v) is 11.0. The molecule has 5 nitrogen and oxygen atoms in total. The van der Waals surface area contributed by atoms with E-state index in [1.807, 2.05) is 30.3 Å². The number of ketones is 1. The van der Waals surface area contributed by atoms with Crippen molar-refractivity contribution in [2.45, 2.75) is 25.7 Å². The van der Waals surface area contributed by atoms with Crippen molar-refractivity contribution in [3.05, 3.63) is 106 Å². The van der Waals surface area contributed by atoms with Crippen LogP contribution in [0.2, 0.25) is 0 Å². The van der Waals surface area contributed by atoms with E-state index >= 15 is 0 Å². The maximum atomic E-state index is 14.2. The highest BCUT2D eigenvalue weighted by atomic mass is 19.1. The number of allylic oxidation sites excluding steroid dienone is 2. The number of rotatable bonds is 4. The highest BCUT2D eigenvalue weighted by Gasteiger charge is 2.29. The fraction of sp³-hybridized carbons (Fsp3) is 0.138. The van der Waals surface area contributed by atoms with Gasteiger partial charge < -0.3 is 10.4 Å². The Kier molecular flexibility index (Phi) is 6.35. The third-order valence-corrected chi connectivity index (χ3v) is 5.90. The van der Waals surface area contributed by atoms with E-state index < -0.39 is 23.5 Å². The summed E-state index contributed by atoms with van der Waals surface area (Å²) in [7, 11) is 0. The molecule has 0 bridgehead atoms. The van der Waals surface area contributed by atoms with Crippen molar-refractivity contribution in [2.24, 2.45) is 0 Å². The van der Waals surface area contributed by atoms with Crippen LogP contribution < -0.4 is 5.32 Å². The number of fused-ring (bicyclic) bond motifs is 1. The Labute approximate surface area is 202 Å². The topological polar surface area (TPSA) is 83.5 Å². The molecule has 0 spiro atoms. The lowest BCUT2D eigenvalue weighted by Gasteiger charge is -2.31. The van der Waals surface area contributed by atoms with E-state index in [0.29, 0.717) is 6.42 Å². The number of benzene rings is 3. The summed E-state index contributed by atoms with van der Waals surface area (Å²) in [5, 5.41) is 11.2. The fourth-order valence-corrected chi connectivity index (χ4v) is 3.90. The first-order chi connectivity index (χ1) is 16.7. The summed E-state index contributed by atoms with van der Waals surface area (Å²) in [5.74, 6) is 2.31. The molecule has 0 saturated carbocycles. The minimum Gasteiger partial charge on any atom is -0.478 e. The number of Topliss-reactive ketones (excluding diaryl/α,β-unsaturated/α-hetero) is 1. The summed E-state index contributed by atoms with van der Waals surface area (Å²) >= 11 is 0. The van der Waals surface area contributed by atoms with Crippen molar-refractivity contribution in [3.63, 3.8) is 0 Å². The number of anilines is 1. The fourth-order valence-electron chi connectivity index (χ4n) is 3.90. The predicted molar refractivity (Wildman–Crippen MR) is 132 cm³/mol. The van der Waals surface area contributed by atoms with Crippen LogP contribution in [-0.2, 0) is 10.2 Å². The zero-order valence-corrected chi connectivity index (χ0v) is 19.2. The Hall–Kier alpha value is -4.50. The molecule has 174 valence electrons. The van der Waals surface area contributed by atoms with Crippen molar-refractivity contribution in [3.8, 4) is 11.8 Å². The minimum atomic E-state index is -1.29. The molecular weight excluding hydrogens is 445 g/mol. The molecule has 0 heterocycles. The monoisotopic (exact) mass is 467 g/mol. The Bertz CT molecular complexity index is 1440. The molecule has 1 aliphatic rings. The van der Waals surface area contributed by atoms with Crippen LogP contribution >= 0.6 is 0 Å². The summed E-state index contributed by atoms with van der Waals surface area (Å²) in [4.78, 5) is 36.4. The van der Waals surface area contributed by atoms with Gasteiger partial charge in [-0.3, -0.25) is 9.59 Å². The summed E-state index contributed by atoms with van der Waals surface area (Å²) in [6.07, 6.45) is 2.79. The molecule has 1 amide bonds. The van der Waals surface area contributed by atoms with Crippen LogP contribution in [0.1, 0.15) is 57.7 Å². The van der Waals surface area contributed by atoms with E-state index in [9.17, 15) is 18.8 Å². The molecule has 35 heavy (non-hydrogen) atoms. The molecule has 2 N–H and O–H groups in total.